The van der Waals surface area contributed by atoms with E-state index in [-0.39, 0.29) is 11.5 Å². The molecule has 3 aromatic rings. The number of hydrogen-bond donors (Lipinski definition) is 2. The van der Waals surface area contributed by atoms with Crippen LogP contribution in [0.15, 0.2) is 54.6 Å². The van der Waals surface area contributed by atoms with Gasteiger partial charge in [0.15, 0.2) is 0 Å². The Kier molecular flexibility index (Phi) is 5.49. The molecule has 0 saturated heterocycles. The molecule has 1 aromatic heterocycles. The molecule has 2 N–H and O–H groups in total. The summed E-state index contributed by atoms with van der Waals surface area (Å²) < 4.78 is 18.9. The third-order valence-electron chi connectivity index (χ3n) is 4.11. The molecule has 0 radical (unpaired) electrons. The standard InChI is InChI=1S/C22H23FN2O3/c1-22(2,3)28-21(27)19(11-14-7-5-4-6-8-14)25-20(26)18-13-15-12-16(23)9-10-17(15)24-18/h4-10,12-13,19,24H,11H2,1-3H3,(H,25,26). The molecular weight excluding hydrogens is 359 g/mol. The van der Waals surface area contributed by atoms with Crippen LogP contribution >= 0.6 is 0 Å². The number of aromatic amines is 1. The summed E-state index contributed by atoms with van der Waals surface area (Å²) in [6.07, 6.45) is 0.302. The lowest BCUT2D eigenvalue weighted by molar-refractivity contribution is -0.157. The topological polar surface area (TPSA) is 71.2 Å². The van der Waals surface area contributed by atoms with Crippen molar-refractivity contribution in [2.24, 2.45) is 0 Å². The Morgan fingerprint density at radius 2 is 1.82 bits per heavy atom. The van der Waals surface area contributed by atoms with E-state index in [1.165, 1.54) is 12.1 Å². The number of amides is 1. The van der Waals surface area contributed by atoms with Crippen LogP contribution in [-0.4, -0.2) is 28.5 Å². The summed E-state index contributed by atoms with van der Waals surface area (Å²) in [5, 5.41) is 3.33. The molecule has 1 unspecified atom stereocenters. The van der Waals surface area contributed by atoms with Gasteiger partial charge in [0.2, 0.25) is 0 Å². The van der Waals surface area contributed by atoms with Crippen LogP contribution in [-0.2, 0) is 16.0 Å². The Bertz CT molecular complexity index is 990. The Morgan fingerprint density at radius 3 is 2.50 bits per heavy atom. The number of benzene rings is 2. The second kappa shape index (κ2) is 7.84. The van der Waals surface area contributed by atoms with Crippen LogP contribution < -0.4 is 5.32 Å². The number of ether oxygens (including phenoxy) is 1. The van der Waals surface area contributed by atoms with Gasteiger partial charge in [-0.15, -0.1) is 0 Å². The Hall–Kier alpha value is -3.15. The lowest BCUT2D eigenvalue weighted by atomic mass is 10.1. The predicted octanol–water partition coefficient (Wildman–Crippen LogP) is 3.99. The maximum Gasteiger partial charge on any atom is 0.329 e. The second-order valence-electron chi connectivity index (χ2n) is 7.66. The molecule has 0 aliphatic carbocycles. The van der Waals surface area contributed by atoms with Crippen molar-refractivity contribution in [2.45, 2.75) is 38.8 Å². The van der Waals surface area contributed by atoms with Crippen LogP contribution in [0.3, 0.4) is 0 Å². The maximum atomic E-state index is 13.4. The third-order valence-corrected chi connectivity index (χ3v) is 4.11. The molecule has 28 heavy (non-hydrogen) atoms. The molecule has 1 atom stereocenters. The summed E-state index contributed by atoms with van der Waals surface area (Å²) >= 11 is 0. The van der Waals surface area contributed by atoms with Gasteiger partial charge in [-0.25, -0.2) is 9.18 Å². The number of halogens is 1. The summed E-state index contributed by atoms with van der Waals surface area (Å²) in [5.74, 6) is -1.34. The minimum Gasteiger partial charge on any atom is -0.458 e. The van der Waals surface area contributed by atoms with E-state index < -0.39 is 23.5 Å². The molecule has 0 bridgehead atoms. The van der Waals surface area contributed by atoms with Crippen molar-refractivity contribution in [3.8, 4) is 0 Å². The van der Waals surface area contributed by atoms with Crippen LogP contribution in [0.25, 0.3) is 10.9 Å². The summed E-state index contributed by atoms with van der Waals surface area (Å²) in [6, 6.07) is 14.3. The molecular formula is C22H23FN2O3. The number of hydrogen-bond acceptors (Lipinski definition) is 3. The number of carbonyl (C=O) groups is 2. The van der Waals surface area contributed by atoms with Gasteiger partial charge in [0.05, 0.1) is 0 Å². The molecule has 0 aliphatic rings. The summed E-state index contributed by atoms with van der Waals surface area (Å²) in [4.78, 5) is 28.3. The fourth-order valence-corrected chi connectivity index (χ4v) is 2.88. The first kappa shape index (κ1) is 19.6. The van der Waals surface area contributed by atoms with Gasteiger partial charge in [0.25, 0.3) is 5.91 Å². The largest absolute Gasteiger partial charge is 0.458 e. The molecule has 3 rings (SSSR count). The molecule has 0 aliphatic heterocycles. The monoisotopic (exact) mass is 382 g/mol. The number of esters is 1. The zero-order chi connectivity index (χ0) is 20.3. The lowest BCUT2D eigenvalue weighted by Gasteiger charge is -2.24. The van der Waals surface area contributed by atoms with E-state index in [0.29, 0.717) is 17.3 Å². The zero-order valence-corrected chi connectivity index (χ0v) is 16.1. The maximum absolute atomic E-state index is 13.4. The minimum atomic E-state index is -0.850. The van der Waals surface area contributed by atoms with Crippen molar-refractivity contribution in [1.29, 1.82) is 0 Å². The van der Waals surface area contributed by atoms with Gasteiger partial charge in [0, 0.05) is 17.3 Å². The van der Waals surface area contributed by atoms with Crippen LogP contribution in [0.1, 0.15) is 36.8 Å². The SMILES string of the molecule is CC(C)(C)OC(=O)C(Cc1ccccc1)NC(=O)c1cc2cc(F)ccc2[nH]1. The average Bonchev–Trinajstić information content (AvgIpc) is 3.04. The van der Waals surface area contributed by atoms with Crippen molar-refractivity contribution < 1.29 is 18.7 Å². The van der Waals surface area contributed by atoms with Crippen molar-refractivity contribution >= 4 is 22.8 Å². The number of nitrogens with one attached hydrogen (secondary N) is 2. The lowest BCUT2D eigenvalue weighted by Crippen LogP contribution is -2.45. The Morgan fingerprint density at radius 1 is 1.11 bits per heavy atom. The first-order valence-electron chi connectivity index (χ1n) is 9.07. The molecule has 0 spiro atoms. The molecule has 1 heterocycles. The third kappa shape index (κ3) is 4.97. The predicted molar refractivity (Wildman–Crippen MR) is 106 cm³/mol. The van der Waals surface area contributed by atoms with E-state index in [0.717, 1.165) is 5.56 Å². The number of aromatic nitrogens is 1. The van der Waals surface area contributed by atoms with Gasteiger partial charge in [-0.05, 0) is 50.6 Å². The summed E-state index contributed by atoms with van der Waals surface area (Å²) in [5.41, 5.74) is 1.12. The molecule has 2 aromatic carbocycles. The molecule has 5 nitrogen and oxygen atoms in total. The van der Waals surface area contributed by atoms with Crippen LogP contribution in [0, 0.1) is 5.82 Å². The number of rotatable bonds is 5. The minimum absolute atomic E-state index is 0.252. The smallest absolute Gasteiger partial charge is 0.329 e. The fourth-order valence-electron chi connectivity index (χ4n) is 2.88. The molecule has 6 heteroatoms. The highest BCUT2D eigenvalue weighted by molar-refractivity contribution is 5.99. The van der Waals surface area contributed by atoms with Crippen LogP contribution in [0.5, 0.6) is 0 Å². The van der Waals surface area contributed by atoms with Gasteiger partial charge < -0.3 is 15.0 Å². The van der Waals surface area contributed by atoms with E-state index in [2.05, 4.69) is 10.3 Å². The van der Waals surface area contributed by atoms with Crippen molar-refractivity contribution in [2.75, 3.05) is 0 Å². The van der Waals surface area contributed by atoms with Gasteiger partial charge >= 0.3 is 5.97 Å². The fraction of sp³-hybridized carbons (Fsp3) is 0.273. The summed E-state index contributed by atoms with van der Waals surface area (Å²) in [6.45, 7) is 5.33. The number of carbonyl (C=O) groups excluding carboxylic acids is 2. The Balaban J connectivity index is 1.82. The van der Waals surface area contributed by atoms with Crippen LogP contribution in [0.2, 0.25) is 0 Å². The average molecular weight is 382 g/mol. The normalized spacial score (nSPS) is 12.6. The zero-order valence-electron chi connectivity index (χ0n) is 16.1. The van der Waals surface area contributed by atoms with E-state index in [9.17, 15) is 14.0 Å². The van der Waals surface area contributed by atoms with E-state index in [4.69, 9.17) is 4.74 Å². The van der Waals surface area contributed by atoms with Gasteiger partial charge in [-0.1, -0.05) is 30.3 Å². The number of fused-ring (bicyclic) bond motifs is 1. The molecule has 1 amide bonds. The van der Waals surface area contributed by atoms with E-state index in [1.54, 1.807) is 32.9 Å². The van der Waals surface area contributed by atoms with E-state index >= 15 is 0 Å². The second-order valence-corrected chi connectivity index (χ2v) is 7.66. The quantitative estimate of drug-likeness (QED) is 0.656. The van der Waals surface area contributed by atoms with Crippen molar-refractivity contribution in [3.63, 3.8) is 0 Å². The van der Waals surface area contributed by atoms with Gasteiger partial charge in [-0.2, -0.15) is 0 Å². The molecule has 0 fully saturated rings. The summed E-state index contributed by atoms with van der Waals surface area (Å²) in [7, 11) is 0. The van der Waals surface area contributed by atoms with Crippen molar-refractivity contribution in [1.82, 2.24) is 10.3 Å². The first-order chi connectivity index (χ1) is 13.2. The van der Waals surface area contributed by atoms with Crippen LogP contribution in [0.4, 0.5) is 4.39 Å². The van der Waals surface area contributed by atoms with Crippen molar-refractivity contribution in [3.05, 3.63) is 71.7 Å². The highest BCUT2D eigenvalue weighted by Crippen LogP contribution is 2.17. The molecule has 0 saturated carbocycles. The Labute approximate surface area is 162 Å². The first-order valence-corrected chi connectivity index (χ1v) is 9.07. The van der Waals surface area contributed by atoms with Gasteiger partial charge in [-0.3, -0.25) is 4.79 Å². The van der Waals surface area contributed by atoms with Gasteiger partial charge in [0.1, 0.15) is 23.2 Å². The molecule has 146 valence electrons. The highest BCUT2D eigenvalue weighted by atomic mass is 19.1. The van der Waals surface area contributed by atoms with E-state index in [1.807, 2.05) is 30.3 Å². The highest BCUT2D eigenvalue weighted by Gasteiger charge is 2.27. The number of H-pyrrole nitrogens is 1.